The molecular weight excluding hydrogens is 350 g/mol. The number of halogens is 1. The van der Waals surface area contributed by atoms with E-state index in [1.54, 1.807) is 43.3 Å². The van der Waals surface area contributed by atoms with E-state index in [0.29, 0.717) is 16.8 Å². The third-order valence-corrected chi connectivity index (χ3v) is 3.46. The van der Waals surface area contributed by atoms with Crippen molar-refractivity contribution in [2.24, 2.45) is 10.3 Å². The number of nitrogens with one attached hydrogen (secondary N) is 1. The number of hydrazone groups is 1. The molecule has 1 amide bonds. The number of benzene rings is 2. The summed E-state index contributed by atoms with van der Waals surface area (Å²) in [5.74, 6) is -0.646. The third kappa shape index (κ3) is 3.56. The fraction of sp³-hybridized carbons (Fsp3) is 0.0667. The topological polar surface area (TPSA) is 91.1 Å². The van der Waals surface area contributed by atoms with Crippen molar-refractivity contribution in [3.05, 3.63) is 63.0 Å². The second-order valence-corrected chi connectivity index (χ2v) is 5.33. The van der Waals surface area contributed by atoms with Gasteiger partial charge in [-0.05, 0) is 48.5 Å². The van der Waals surface area contributed by atoms with Gasteiger partial charge in [0.2, 0.25) is 0 Å². The van der Waals surface area contributed by atoms with E-state index < -0.39 is 0 Å². The highest BCUT2D eigenvalue weighted by Crippen LogP contribution is 2.30. The van der Waals surface area contributed by atoms with Crippen molar-refractivity contribution >= 4 is 33.2 Å². The number of rotatable bonds is 4. The van der Waals surface area contributed by atoms with Crippen molar-refractivity contribution in [1.82, 2.24) is 5.43 Å². The maximum Gasteiger partial charge on any atom is 0.271 e. The maximum absolute atomic E-state index is 11.9. The smallest absolute Gasteiger partial charge is 0.271 e. The van der Waals surface area contributed by atoms with Crippen LogP contribution in [-0.4, -0.2) is 16.7 Å². The Balaban J connectivity index is 2.18. The lowest BCUT2D eigenvalue weighted by molar-refractivity contribution is 0.0955. The summed E-state index contributed by atoms with van der Waals surface area (Å²) < 4.78 is 0.867. The molecule has 0 aliphatic carbocycles. The largest absolute Gasteiger partial charge is 0.505 e. The lowest BCUT2D eigenvalue weighted by atomic mass is 10.1. The molecule has 0 aliphatic rings. The van der Waals surface area contributed by atoms with Crippen molar-refractivity contribution in [2.45, 2.75) is 6.92 Å². The molecule has 0 saturated heterocycles. The maximum atomic E-state index is 11.9. The molecule has 0 aliphatic heterocycles. The van der Waals surface area contributed by atoms with E-state index in [0.717, 1.165) is 4.47 Å². The van der Waals surface area contributed by atoms with Gasteiger partial charge in [0.15, 0.2) is 5.75 Å². The number of carbonyl (C=O) groups is 1. The minimum atomic E-state index is -0.379. The molecule has 2 aromatic carbocycles. The van der Waals surface area contributed by atoms with E-state index >= 15 is 0 Å². The molecule has 0 heterocycles. The molecule has 0 bridgehead atoms. The molecule has 0 fully saturated rings. The van der Waals surface area contributed by atoms with E-state index in [1.807, 2.05) is 0 Å². The number of phenols is 1. The average Bonchev–Trinajstić information content (AvgIpc) is 2.53. The predicted octanol–water partition coefficient (Wildman–Crippen LogP) is 3.71. The molecule has 0 radical (unpaired) electrons. The Hall–Kier alpha value is -2.54. The minimum Gasteiger partial charge on any atom is -0.505 e. The van der Waals surface area contributed by atoms with Crippen LogP contribution in [0.2, 0.25) is 0 Å². The van der Waals surface area contributed by atoms with Crippen LogP contribution in [0.1, 0.15) is 22.8 Å². The molecule has 0 saturated carbocycles. The van der Waals surface area contributed by atoms with Crippen LogP contribution in [0.5, 0.6) is 5.75 Å². The summed E-state index contributed by atoms with van der Waals surface area (Å²) in [5.41, 5.74) is 3.45. The SMILES string of the molecule is C/C(=N\NC(=O)c1ccc(Br)cc1)c1cccc(N=O)c1O. The number of nitrogens with zero attached hydrogens (tertiary/aromatic N) is 2. The summed E-state index contributed by atoms with van der Waals surface area (Å²) in [6.45, 7) is 1.60. The number of amides is 1. The molecule has 0 atom stereocenters. The molecule has 0 aromatic heterocycles. The van der Waals surface area contributed by atoms with Gasteiger partial charge in [0.05, 0.1) is 5.71 Å². The van der Waals surface area contributed by atoms with Crippen molar-refractivity contribution in [1.29, 1.82) is 0 Å². The Morgan fingerprint density at radius 1 is 1.18 bits per heavy atom. The standard InChI is InChI=1S/C15H12BrN3O3/c1-9(12-3-2-4-13(19-22)14(12)20)17-18-15(21)10-5-7-11(16)8-6-10/h2-8,20H,1H3,(H,18,21)/b17-9+. The molecule has 2 N–H and O–H groups in total. The Kier molecular flexibility index (Phi) is 5.00. The van der Waals surface area contributed by atoms with Crippen LogP contribution in [0.25, 0.3) is 0 Å². The second kappa shape index (κ2) is 6.95. The molecule has 0 unspecified atom stereocenters. The lowest BCUT2D eigenvalue weighted by Crippen LogP contribution is -2.19. The van der Waals surface area contributed by atoms with Gasteiger partial charge in [-0.1, -0.05) is 22.0 Å². The Morgan fingerprint density at radius 3 is 2.50 bits per heavy atom. The van der Waals surface area contributed by atoms with Crippen LogP contribution >= 0.6 is 15.9 Å². The first-order chi connectivity index (χ1) is 10.5. The first-order valence-electron chi connectivity index (χ1n) is 6.29. The molecule has 7 heteroatoms. The predicted molar refractivity (Wildman–Crippen MR) is 87.4 cm³/mol. The molecule has 2 aromatic rings. The van der Waals surface area contributed by atoms with Crippen molar-refractivity contribution in [2.75, 3.05) is 0 Å². The number of hydrogen-bond donors (Lipinski definition) is 2. The van der Waals surface area contributed by atoms with Gasteiger partial charge in [-0.2, -0.15) is 5.10 Å². The number of carbonyl (C=O) groups excluding carboxylic acids is 1. The fourth-order valence-corrected chi connectivity index (χ4v) is 2.02. The molecule has 6 nitrogen and oxygen atoms in total. The van der Waals surface area contributed by atoms with Gasteiger partial charge in [0.1, 0.15) is 5.69 Å². The molecular formula is C15H12BrN3O3. The number of phenolic OH excluding ortho intramolecular Hbond substituents is 1. The summed E-state index contributed by atoms with van der Waals surface area (Å²) in [7, 11) is 0. The number of hydrogen-bond acceptors (Lipinski definition) is 5. The summed E-state index contributed by atoms with van der Waals surface area (Å²) >= 11 is 3.29. The van der Waals surface area contributed by atoms with Crippen LogP contribution < -0.4 is 5.43 Å². The number of aromatic hydroxyl groups is 1. The highest BCUT2D eigenvalue weighted by molar-refractivity contribution is 9.10. The van der Waals surface area contributed by atoms with Gasteiger partial charge in [0, 0.05) is 15.6 Å². The summed E-state index contributed by atoms with van der Waals surface area (Å²) in [5, 5.41) is 16.5. The zero-order valence-electron chi connectivity index (χ0n) is 11.6. The zero-order valence-corrected chi connectivity index (χ0v) is 13.2. The number of nitroso groups, excluding NO2 is 1. The van der Waals surface area contributed by atoms with E-state index in [1.165, 1.54) is 6.07 Å². The van der Waals surface area contributed by atoms with Gasteiger partial charge in [-0.15, -0.1) is 4.91 Å². The molecule has 22 heavy (non-hydrogen) atoms. The van der Waals surface area contributed by atoms with E-state index in [-0.39, 0.29) is 17.3 Å². The zero-order chi connectivity index (χ0) is 16.1. The van der Waals surface area contributed by atoms with Crippen LogP contribution in [0.15, 0.2) is 57.2 Å². The lowest BCUT2D eigenvalue weighted by Gasteiger charge is -2.06. The van der Waals surface area contributed by atoms with Crippen LogP contribution in [0.4, 0.5) is 5.69 Å². The summed E-state index contributed by atoms with van der Waals surface area (Å²) in [4.78, 5) is 22.5. The normalized spacial score (nSPS) is 11.1. The Labute approximate surface area is 135 Å². The average molecular weight is 362 g/mol. The van der Waals surface area contributed by atoms with E-state index in [4.69, 9.17) is 0 Å². The van der Waals surface area contributed by atoms with Crippen molar-refractivity contribution in [3.63, 3.8) is 0 Å². The Bertz CT molecular complexity index is 742. The molecule has 2 rings (SSSR count). The highest BCUT2D eigenvalue weighted by atomic mass is 79.9. The molecule has 0 spiro atoms. The van der Waals surface area contributed by atoms with E-state index in [9.17, 15) is 14.8 Å². The summed E-state index contributed by atoms with van der Waals surface area (Å²) in [6.07, 6.45) is 0. The minimum absolute atomic E-state index is 0.0775. The second-order valence-electron chi connectivity index (χ2n) is 4.41. The Morgan fingerprint density at radius 2 is 1.86 bits per heavy atom. The van der Waals surface area contributed by atoms with Gasteiger partial charge < -0.3 is 5.11 Å². The summed E-state index contributed by atoms with van der Waals surface area (Å²) in [6, 6.07) is 11.3. The van der Waals surface area contributed by atoms with Gasteiger partial charge in [0.25, 0.3) is 5.91 Å². The van der Waals surface area contributed by atoms with Crippen LogP contribution in [-0.2, 0) is 0 Å². The fourth-order valence-electron chi connectivity index (χ4n) is 1.76. The number of para-hydroxylation sites is 1. The van der Waals surface area contributed by atoms with Crippen LogP contribution in [0, 0.1) is 4.91 Å². The van der Waals surface area contributed by atoms with E-state index in [2.05, 4.69) is 31.6 Å². The quantitative estimate of drug-likeness (QED) is 0.494. The van der Waals surface area contributed by atoms with Gasteiger partial charge in [-0.3, -0.25) is 4.79 Å². The highest BCUT2D eigenvalue weighted by Gasteiger charge is 2.11. The van der Waals surface area contributed by atoms with Crippen molar-refractivity contribution in [3.8, 4) is 5.75 Å². The first-order valence-corrected chi connectivity index (χ1v) is 7.08. The van der Waals surface area contributed by atoms with Crippen molar-refractivity contribution < 1.29 is 9.90 Å². The first kappa shape index (κ1) is 15.8. The molecule has 112 valence electrons. The monoisotopic (exact) mass is 361 g/mol. The third-order valence-electron chi connectivity index (χ3n) is 2.93. The van der Waals surface area contributed by atoms with Crippen LogP contribution in [0.3, 0.4) is 0 Å². The van der Waals surface area contributed by atoms with Gasteiger partial charge >= 0.3 is 0 Å². The van der Waals surface area contributed by atoms with Gasteiger partial charge in [-0.25, -0.2) is 5.43 Å².